The van der Waals surface area contributed by atoms with Crippen molar-refractivity contribution in [1.82, 2.24) is 0 Å². The number of nitrogens with zero attached hydrogens (tertiary/aromatic N) is 1. The number of benzene rings is 4. The van der Waals surface area contributed by atoms with E-state index in [-0.39, 0.29) is 5.43 Å². The molecule has 150 valence electrons. The van der Waals surface area contributed by atoms with Crippen molar-refractivity contribution in [2.24, 2.45) is 0 Å². The molecule has 0 atom stereocenters. The Morgan fingerprint density at radius 3 is 2.06 bits per heavy atom. The van der Waals surface area contributed by atoms with Crippen molar-refractivity contribution in [1.29, 1.82) is 0 Å². The smallest absolute Gasteiger partial charge is 0.201 e. The number of hydrogen-bond donors (Lipinski definition) is 0. The predicted molar refractivity (Wildman–Crippen MR) is 132 cm³/mol. The largest absolute Gasteiger partial charge is 0.369 e. The van der Waals surface area contributed by atoms with Gasteiger partial charge >= 0.3 is 0 Å². The van der Waals surface area contributed by atoms with E-state index in [0.717, 1.165) is 29.9 Å². The van der Waals surface area contributed by atoms with Crippen LogP contribution in [0, 0.1) is 11.8 Å². The molecule has 0 N–H and O–H groups in total. The maximum atomic E-state index is 12.5. The van der Waals surface area contributed by atoms with Crippen LogP contribution in [-0.4, -0.2) is 13.1 Å². The van der Waals surface area contributed by atoms with Gasteiger partial charge in [-0.15, -0.1) is 0 Å². The van der Waals surface area contributed by atoms with Crippen LogP contribution in [0.15, 0.2) is 83.7 Å². The van der Waals surface area contributed by atoms with E-state index in [4.69, 9.17) is 0 Å². The Hall–Kier alpha value is -3.83. The van der Waals surface area contributed by atoms with Crippen LogP contribution in [0.25, 0.3) is 32.3 Å². The first-order chi connectivity index (χ1) is 15.2. The maximum absolute atomic E-state index is 12.5. The van der Waals surface area contributed by atoms with Crippen molar-refractivity contribution >= 4 is 38.0 Å². The topological polar surface area (TPSA) is 20.3 Å². The highest BCUT2D eigenvalue weighted by molar-refractivity contribution is 6.23. The summed E-state index contributed by atoms with van der Waals surface area (Å²) in [5, 5.41) is 7.47. The van der Waals surface area contributed by atoms with Gasteiger partial charge < -0.3 is 4.90 Å². The summed E-state index contributed by atoms with van der Waals surface area (Å²) in [6.45, 7) is 5.73. The highest BCUT2D eigenvalue weighted by Crippen LogP contribution is 2.35. The molecule has 0 saturated carbocycles. The van der Waals surface area contributed by atoms with Crippen molar-refractivity contribution in [2.75, 3.05) is 18.0 Å². The van der Waals surface area contributed by atoms with E-state index in [2.05, 4.69) is 85.2 Å². The van der Waals surface area contributed by atoms with Gasteiger partial charge in [0.05, 0.1) is 5.69 Å². The summed E-state index contributed by atoms with van der Waals surface area (Å²) in [5.41, 5.74) is 2.59. The average molecular weight is 402 g/mol. The molecule has 0 aliphatic rings. The molecule has 0 spiro atoms. The van der Waals surface area contributed by atoms with Gasteiger partial charge in [0.15, 0.2) is 0 Å². The fourth-order valence-corrected chi connectivity index (χ4v) is 4.45. The fourth-order valence-electron chi connectivity index (χ4n) is 4.45. The van der Waals surface area contributed by atoms with Crippen molar-refractivity contribution < 1.29 is 0 Å². The molecule has 0 fully saturated rings. The Morgan fingerprint density at radius 2 is 1.32 bits per heavy atom. The maximum Gasteiger partial charge on any atom is 0.201 e. The van der Waals surface area contributed by atoms with Gasteiger partial charge in [0.2, 0.25) is 5.43 Å². The van der Waals surface area contributed by atoms with Gasteiger partial charge in [0.25, 0.3) is 0 Å². The Labute approximate surface area is 182 Å². The minimum Gasteiger partial charge on any atom is -0.369 e. The van der Waals surface area contributed by atoms with Crippen molar-refractivity contribution in [3.8, 4) is 11.8 Å². The van der Waals surface area contributed by atoms with Gasteiger partial charge in [0.1, 0.15) is 0 Å². The molecule has 0 heterocycles. The zero-order valence-corrected chi connectivity index (χ0v) is 17.8. The van der Waals surface area contributed by atoms with Gasteiger partial charge in [-0.05, 0) is 76.5 Å². The zero-order chi connectivity index (χ0) is 21.4. The molecule has 0 amide bonds. The molecule has 0 aromatic heterocycles. The summed E-state index contributed by atoms with van der Waals surface area (Å²) >= 11 is 0. The molecule has 2 heteroatoms. The Balaban J connectivity index is 1.64. The molecule has 0 aliphatic heterocycles. The third-order valence-corrected chi connectivity index (χ3v) is 6.06. The third kappa shape index (κ3) is 3.29. The minimum atomic E-state index is 0.0273. The van der Waals surface area contributed by atoms with E-state index in [0.29, 0.717) is 0 Å². The number of anilines is 1. The average Bonchev–Trinajstić information content (AvgIpc) is 2.99. The van der Waals surface area contributed by atoms with Gasteiger partial charge in [-0.25, -0.2) is 0 Å². The standard InChI is InChI=1S/C29H23NO/c1-3-30(4-2)26-18-9-20(10-19-27(26)31)8-11-21-12-13-24-15-14-22-6-5-7-23-16-17-25(21)29(24)28(22)23/h5-7,9-10,12-19H,3-4H2,1-2H3. The summed E-state index contributed by atoms with van der Waals surface area (Å²) in [5.74, 6) is 6.64. The van der Waals surface area contributed by atoms with Crippen LogP contribution in [-0.2, 0) is 0 Å². The van der Waals surface area contributed by atoms with Gasteiger partial charge in [-0.3, -0.25) is 4.79 Å². The Morgan fingerprint density at radius 1 is 0.677 bits per heavy atom. The molecule has 0 radical (unpaired) electrons. The summed E-state index contributed by atoms with van der Waals surface area (Å²) in [6.07, 6.45) is 0. The Kier molecular flexibility index (Phi) is 4.81. The lowest BCUT2D eigenvalue weighted by Gasteiger charge is -2.18. The first kappa shape index (κ1) is 19.2. The van der Waals surface area contributed by atoms with Crippen LogP contribution in [0.2, 0.25) is 0 Å². The van der Waals surface area contributed by atoms with Crippen LogP contribution in [0.1, 0.15) is 25.0 Å². The molecule has 0 bridgehead atoms. The fraction of sp³-hybridized carbons (Fsp3) is 0.138. The minimum absolute atomic E-state index is 0.0273. The second kappa shape index (κ2) is 7.78. The zero-order valence-electron chi connectivity index (χ0n) is 17.8. The lowest BCUT2D eigenvalue weighted by Crippen LogP contribution is -2.26. The SMILES string of the molecule is CCN(CC)c1ccc(C#Cc2ccc3ccc4cccc5ccc2c3c45)ccc1=O. The molecule has 2 nitrogen and oxygen atoms in total. The van der Waals surface area contributed by atoms with Crippen LogP contribution >= 0.6 is 0 Å². The normalized spacial score (nSPS) is 11.0. The monoisotopic (exact) mass is 401 g/mol. The lowest BCUT2D eigenvalue weighted by atomic mass is 9.92. The summed E-state index contributed by atoms with van der Waals surface area (Å²) in [4.78, 5) is 14.6. The quantitative estimate of drug-likeness (QED) is 0.265. The molecule has 5 aromatic carbocycles. The Bertz CT molecular complexity index is 1520. The van der Waals surface area contributed by atoms with Gasteiger partial charge in [-0.2, -0.15) is 0 Å². The third-order valence-electron chi connectivity index (χ3n) is 6.06. The highest BCUT2D eigenvalue weighted by atomic mass is 16.1. The second-order valence-corrected chi connectivity index (χ2v) is 7.76. The molecule has 31 heavy (non-hydrogen) atoms. The van der Waals surface area contributed by atoms with Crippen LogP contribution in [0.3, 0.4) is 0 Å². The summed E-state index contributed by atoms with van der Waals surface area (Å²) in [6, 6.07) is 26.7. The molecular weight excluding hydrogens is 378 g/mol. The number of rotatable bonds is 3. The van der Waals surface area contributed by atoms with Crippen LogP contribution in [0.5, 0.6) is 0 Å². The van der Waals surface area contributed by atoms with E-state index in [9.17, 15) is 4.79 Å². The summed E-state index contributed by atoms with van der Waals surface area (Å²) in [7, 11) is 0. The van der Waals surface area contributed by atoms with Crippen molar-refractivity contribution in [3.63, 3.8) is 0 Å². The summed E-state index contributed by atoms with van der Waals surface area (Å²) < 4.78 is 0. The van der Waals surface area contributed by atoms with Crippen molar-refractivity contribution in [2.45, 2.75) is 13.8 Å². The molecule has 5 rings (SSSR count). The van der Waals surface area contributed by atoms with Crippen molar-refractivity contribution in [3.05, 3.63) is 100 Å². The van der Waals surface area contributed by atoms with Crippen LogP contribution < -0.4 is 10.3 Å². The first-order valence-corrected chi connectivity index (χ1v) is 10.8. The van der Waals surface area contributed by atoms with Gasteiger partial charge in [-0.1, -0.05) is 60.4 Å². The lowest BCUT2D eigenvalue weighted by molar-refractivity contribution is 0.863. The van der Waals surface area contributed by atoms with Gasteiger partial charge in [0, 0.05) is 24.2 Å². The highest BCUT2D eigenvalue weighted by Gasteiger charge is 2.09. The van der Waals surface area contributed by atoms with E-state index >= 15 is 0 Å². The van der Waals surface area contributed by atoms with E-state index < -0.39 is 0 Å². The molecule has 0 unspecified atom stereocenters. The predicted octanol–water partition coefficient (Wildman–Crippen LogP) is 6.19. The van der Waals surface area contributed by atoms with Crippen LogP contribution in [0.4, 0.5) is 5.69 Å². The number of hydrogen-bond acceptors (Lipinski definition) is 2. The van der Waals surface area contributed by atoms with E-state index in [1.54, 1.807) is 6.07 Å². The molecule has 5 aromatic rings. The first-order valence-electron chi connectivity index (χ1n) is 10.8. The van der Waals surface area contributed by atoms with E-state index in [1.807, 2.05) is 18.2 Å². The molecule has 0 saturated heterocycles. The molecular formula is C29H23NO. The second-order valence-electron chi connectivity index (χ2n) is 7.76. The van der Waals surface area contributed by atoms with E-state index in [1.165, 1.54) is 32.3 Å². The molecule has 0 aliphatic carbocycles.